The van der Waals surface area contributed by atoms with Crippen molar-refractivity contribution in [2.45, 2.75) is 37.6 Å². The molecule has 0 unspecified atom stereocenters. The minimum absolute atomic E-state index is 0.0247. The fourth-order valence-electron chi connectivity index (χ4n) is 3.33. The molecule has 0 bridgehead atoms. The second kappa shape index (κ2) is 5.94. The van der Waals surface area contributed by atoms with Crippen molar-refractivity contribution in [2.24, 2.45) is 0 Å². The fourth-order valence-corrected chi connectivity index (χ4v) is 3.33. The van der Waals surface area contributed by atoms with E-state index in [0.29, 0.717) is 31.4 Å². The van der Waals surface area contributed by atoms with Crippen LogP contribution in [-0.4, -0.2) is 35.6 Å². The van der Waals surface area contributed by atoms with Crippen LogP contribution in [0.1, 0.15) is 37.5 Å². The summed E-state index contributed by atoms with van der Waals surface area (Å²) in [5.41, 5.74) is -1.09. The molecule has 1 aliphatic heterocycles. The molecule has 1 aliphatic carbocycles. The van der Waals surface area contributed by atoms with Crippen molar-refractivity contribution in [3.8, 4) is 0 Å². The van der Waals surface area contributed by atoms with E-state index in [4.69, 9.17) is 14.0 Å². The largest absolute Gasteiger partial charge is 0.388 e. The van der Waals surface area contributed by atoms with Crippen LogP contribution in [-0.2, 0) is 9.47 Å². The third-order valence-electron chi connectivity index (χ3n) is 4.67. The summed E-state index contributed by atoms with van der Waals surface area (Å²) < 4.78 is 43.9. The van der Waals surface area contributed by atoms with Crippen molar-refractivity contribution in [2.75, 3.05) is 25.1 Å². The van der Waals surface area contributed by atoms with Gasteiger partial charge in [-0.05, 0) is 18.9 Å². The van der Waals surface area contributed by atoms with Gasteiger partial charge in [0.05, 0.1) is 24.2 Å². The lowest BCUT2D eigenvalue weighted by Crippen LogP contribution is -2.33. The second-order valence-electron chi connectivity index (χ2n) is 6.36. The van der Waals surface area contributed by atoms with Gasteiger partial charge in [0, 0.05) is 12.1 Å². The van der Waals surface area contributed by atoms with Gasteiger partial charge in [0.2, 0.25) is 11.4 Å². The van der Waals surface area contributed by atoms with Gasteiger partial charge in [0.25, 0.3) is 0 Å². The molecule has 8 heteroatoms. The maximum atomic E-state index is 14.2. The summed E-state index contributed by atoms with van der Waals surface area (Å²) in [5, 5.41) is 17.4. The van der Waals surface area contributed by atoms with Crippen molar-refractivity contribution >= 4 is 16.8 Å². The Kier molecular flexibility index (Phi) is 3.90. The average molecular weight is 340 g/mol. The van der Waals surface area contributed by atoms with Crippen LogP contribution in [0.4, 0.5) is 14.6 Å². The molecule has 0 atom stereocenters. The first-order valence-corrected chi connectivity index (χ1v) is 8.04. The molecule has 1 aromatic carbocycles. The Bertz CT molecular complexity index is 752. The monoisotopic (exact) mass is 340 g/mol. The Morgan fingerprint density at radius 3 is 2.62 bits per heavy atom. The number of hydrogen-bond donors (Lipinski definition) is 2. The standard InChI is InChI=1S/C16H18F2N2O4/c17-11-9(15-22-5-6-23-15)7-10-13(12(11)18)24-20-14(10)19-8-16(21)3-1-2-4-16/h7,15,21H,1-6,8H2,(H,19,20). The van der Waals surface area contributed by atoms with Crippen LogP contribution in [0.3, 0.4) is 0 Å². The summed E-state index contributed by atoms with van der Waals surface area (Å²) in [6, 6.07) is 1.42. The van der Waals surface area contributed by atoms with E-state index in [1.807, 2.05) is 0 Å². The molecule has 0 radical (unpaired) electrons. The summed E-state index contributed by atoms with van der Waals surface area (Å²) in [5.74, 6) is -1.92. The maximum Gasteiger partial charge on any atom is 0.207 e. The van der Waals surface area contributed by atoms with E-state index in [1.165, 1.54) is 6.07 Å². The van der Waals surface area contributed by atoms with Gasteiger partial charge >= 0.3 is 0 Å². The highest BCUT2D eigenvalue weighted by atomic mass is 19.2. The molecule has 2 N–H and O–H groups in total. The predicted molar refractivity (Wildman–Crippen MR) is 80.5 cm³/mol. The van der Waals surface area contributed by atoms with Gasteiger partial charge in [-0.3, -0.25) is 0 Å². The number of hydrogen-bond acceptors (Lipinski definition) is 6. The van der Waals surface area contributed by atoms with Gasteiger partial charge in [0.1, 0.15) is 0 Å². The topological polar surface area (TPSA) is 76.8 Å². The lowest BCUT2D eigenvalue weighted by atomic mass is 10.0. The third kappa shape index (κ3) is 2.64. The molecule has 4 rings (SSSR count). The van der Waals surface area contributed by atoms with Crippen LogP contribution in [0.5, 0.6) is 0 Å². The number of halogens is 2. The number of aliphatic hydroxyl groups is 1. The highest BCUT2D eigenvalue weighted by Gasteiger charge is 2.32. The number of rotatable bonds is 4. The van der Waals surface area contributed by atoms with Crippen LogP contribution < -0.4 is 5.32 Å². The molecule has 1 aromatic heterocycles. The van der Waals surface area contributed by atoms with E-state index in [0.717, 1.165) is 12.8 Å². The number of nitrogens with one attached hydrogen (secondary N) is 1. The minimum Gasteiger partial charge on any atom is -0.388 e. The van der Waals surface area contributed by atoms with E-state index in [2.05, 4.69) is 10.5 Å². The smallest absolute Gasteiger partial charge is 0.207 e. The molecule has 2 fully saturated rings. The Labute approximate surface area is 136 Å². The summed E-state index contributed by atoms with van der Waals surface area (Å²) in [7, 11) is 0. The van der Waals surface area contributed by atoms with Crippen molar-refractivity contribution in [3.05, 3.63) is 23.3 Å². The van der Waals surface area contributed by atoms with Crippen molar-refractivity contribution in [1.82, 2.24) is 5.16 Å². The molecule has 0 amide bonds. The molecule has 24 heavy (non-hydrogen) atoms. The zero-order chi connectivity index (χ0) is 16.7. The minimum atomic E-state index is -1.12. The van der Waals surface area contributed by atoms with E-state index in [9.17, 15) is 13.9 Å². The molecule has 6 nitrogen and oxygen atoms in total. The third-order valence-corrected chi connectivity index (χ3v) is 4.67. The van der Waals surface area contributed by atoms with Gasteiger partial charge in [-0.25, -0.2) is 4.39 Å². The maximum absolute atomic E-state index is 14.2. The summed E-state index contributed by atoms with van der Waals surface area (Å²) in [6.07, 6.45) is 2.41. The van der Waals surface area contributed by atoms with Crippen LogP contribution in [0, 0.1) is 11.6 Å². The average Bonchev–Trinajstić information content (AvgIpc) is 3.30. The fraction of sp³-hybridized carbons (Fsp3) is 0.562. The Hall–Kier alpha value is -1.77. The predicted octanol–water partition coefficient (Wildman–Crippen LogP) is 2.87. The molecular weight excluding hydrogens is 322 g/mol. The quantitative estimate of drug-likeness (QED) is 0.891. The van der Waals surface area contributed by atoms with E-state index in [-0.39, 0.29) is 23.5 Å². The first kappa shape index (κ1) is 15.7. The second-order valence-corrected chi connectivity index (χ2v) is 6.36. The molecular formula is C16H18F2N2O4. The first-order chi connectivity index (χ1) is 11.6. The molecule has 2 aromatic rings. The van der Waals surface area contributed by atoms with Crippen molar-refractivity contribution in [1.29, 1.82) is 0 Å². The zero-order valence-corrected chi connectivity index (χ0v) is 13.0. The highest BCUT2D eigenvalue weighted by molar-refractivity contribution is 5.89. The summed E-state index contributed by atoms with van der Waals surface area (Å²) >= 11 is 0. The molecule has 130 valence electrons. The van der Waals surface area contributed by atoms with Gasteiger partial charge in [-0.1, -0.05) is 18.0 Å². The van der Waals surface area contributed by atoms with E-state index >= 15 is 0 Å². The summed E-state index contributed by atoms with van der Waals surface area (Å²) in [4.78, 5) is 0. The molecule has 2 heterocycles. The zero-order valence-electron chi connectivity index (χ0n) is 13.0. The normalized spacial score (nSPS) is 21.0. The van der Waals surface area contributed by atoms with Crippen LogP contribution >= 0.6 is 0 Å². The van der Waals surface area contributed by atoms with Crippen LogP contribution in [0.2, 0.25) is 0 Å². The van der Waals surface area contributed by atoms with E-state index < -0.39 is 23.5 Å². The number of benzene rings is 1. The number of nitrogens with zero attached hydrogens (tertiary/aromatic N) is 1. The highest BCUT2D eigenvalue weighted by Crippen LogP contribution is 2.35. The summed E-state index contributed by atoms with van der Waals surface area (Å²) in [6.45, 7) is 0.927. The molecule has 1 saturated heterocycles. The Balaban J connectivity index is 1.66. The lowest BCUT2D eigenvalue weighted by molar-refractivity contribution is -0.0467. The molecule has 0 spiro atoms. The number of fused-ring (bicyclic) bond motifs is 1. The Morgan fingerprint density at radius 2 is 1.92 bits per heavy atom. The van der Waals surface area contributed by atoms with Gasteiger partial charge in [-0.15, -0.1) is 0 Å². The number of aromatic nitrogens is 1. The van der Waals surface area contributed by atoms with Crippen molar-refractivity contribution in [3.63, 3.8) is 0 Å². The van der Waals surface area contributed by atoms with Gasteiger partial charge < -0.3 is 24.4 Å². The number of ether oxygens (including phenoxy) is 2. The Morgan fingerprint density at radius 1 is 1.21 bits per heavy atom. The molecule has 1 saturated carbocycles. The SMILES string of the molecule is OC1(CNc2noc3c(F)c(F)c(C4OCCO4)cc23)CCCC1. The lowest BCUT2D eigenvalue weighted by Gasteiger charge is -2.22. The van der Waals surface area contributed by atoms with Gasteiger partial charge in [0.15, 0.2) is 17.9 Å². The van der Waals surface area contributed by atoms with Crippen LogP contribution in [0.15, 0.2) is 10.6 Å². The number of anilines is 1. The van der Waals surface area contributed by atoms with E-state index in [1.54, 1.807) is 0 Å². The first-order valence-electron chi connectivity index (χ1n) is 8.04. The van der Waals surface area contributed by atoms with Crippen molar-refractivity contribution < 1.29 is 27.9 Å². The van der Waals surface area contributed by atoms with Gasteiger partial charge in [-0.2, -0.15) is 4.39 Å². The van der Waals surface area contributed by atoms with Crippen LogP contribution in [0.25, 0.3) is 11.0 Å². The molecule has 2 aliphatic rings.